The van der Waals surface area contributed by atoms with Crippen molar-refractivity contribution < 1.29 is 9.72 Å². The van der Waals surface area contributed by atoms with E-state index in [1.807, 2.05) is 0 Å². The molecule has 0 unspecified atom stereocenters. The molecule has 1 aromatic heterocycles. The molecule has 1 N–H and O–H groups in total. The highest BCUT2D eigenvalue weighted by atomic mass is 16.6. The number of carbonyl (C=O) groups excluding carboxylic acids is 1. The van der Waals surface area contributed by atoms with Gasteiger partial charge in [0.05, 0.1) is 4.92 Å². The molecule has 138 valence electrons. The summed E-state index contributed by atoms with van der Waals surface area (Å²) in [5.41, 5.74) is 0.200. The lowest BCUT2D eigenvalue weighted by Crippen LogP contribution is -2.29. The van der Waals surface area contributed by atoms with E-state index in [0.29, 0.717) is 31.6 Å². The maximum Gasteiger partial charge on any atom is 0.345 e. The molecule has 0 saturated carbocycles. The molecule has 0 aliphatic carbocycles. The molecule has 0 spiro atoms. The third kappa shape index (κ3) is 3.51. The SMILES string of the molecule is Cc1cccc(C(=O)NCCCn2nc3n(c2=O)CCCC3)c1[N+](=O)[O-]. The van der Waals surface area contributed by atoms with Gasteiger partial charge in [-0.2, -0.15) is 5.10 Å². The maximum absolute atomic E-state index is 12.3. The van der Waals surface area contributed by atoms with Gasteiger partial charge in [-0.05, 0) is 32.3 Å². The first-order valence-electron chi connectivity index (χ1n) is 8.68. The summed E-state index contributed by atoms with van der Waals surface area (Å²) >= 11 is 0. The summed E-state index contributed by atoms with van der Waals surface area (Å²) in [7, 11) is 0. The lowest BCUT2D eigenvalue weighted by atomic mass is 10.1. The van der Waals surface area contributed by atoms with E-state index in [9.17, 15) is 19.7 Å². The standard InChI is InChI=1S/C17H21N5O4/c1-12-6-4-7-13(15(12)22(25)26)16(23)18-9-5-11-21-17(24)20-10-3-2-8-14(20)19-21/h4,6-7H,2-3,5,8-11H2,1H3,(H,18,23). The second-order valence-corrected chi connectivity index (χ2v) is 6.37. The molecule has 0 bridgehead atoms. The van der Waals surface area contributed by atoms with Crippen LogP contribution in [-0.2, 0) is 19.5 Å². The maximum atomic E-state index is 12.3. The van der Waals surface area contributed by atoms with Gasteiger partial charge in [0.15, 0.2) is 0 Å². The number of hydrogen-bond acceptors (Lipinski definition) is 5. The van der Waals surface area contributed by atoms with E-state index in [1.54, 1.807) is 23.6 Å². The van der Waals surface area contributed by atoms with Crippen molar-refractivity contribution in [3.05, 3.63) is 55.7 Å². The second kappa shape index (κ2) is 7.51. The highest BCUT2D eigenvalue weighted by molar-refractivity contribution is 5.98. The van der Waals surface area contributed by atoms with Gasteiger partial charge >= 0.3 is 5.69 Å². The predicted molar refractivity (Wildman–Crippen MR) is 94.2 cm³/mol. The van der Waals surface area contributed by atoms with E-state index in [1.165, 1.54) is 10.7 Å². The van der Waals surface area contributed by atoms with Crippen molar-refractivity contribution in [3.8, 4) is 0 Å². The third-order valence-electron chi connectivity index (χ3n) is 4.53. The number of amides is 1. The third-order valence-corrected chi connectivity index (χ3v) is 4.53. The van der Waals surface area contributed by atoms with Crippen LogP contribution in [-0.4, -0.2) is 31.7 Å². The Morgan fingerprint density at radius 2 is 2.19 bits per heavy atom. The Hall–Kier alpha value is -2.97. The summed E-state index contributed by atoms with van der Waals surface area (Å²) in [6, 6.07) is 4.66. The van der Waals surface area contributed by atoms with Gasteiger partial charge in [-0.25, -0.2) is 9.48 Å². The van der Waals surface area contributed by atoms with Gasteiger partial charge in [-0.1, -0.05) is 12.1 Å². The van der Waals surface area contributed by atoms with E-state index in [2.05, 4.69) is 10.4 Å². The van der Waals surface area contributed by atoms with Crippen LogP contribution < -0.4 is 11.0 Å². The Balaban J connectivity index is 1.59. The number of para-hydroxylation sites is 1. The normalized spacial score (nSPS) is 13.3. The molecule has 1 aliphatic heterocycles. The van der Waals surface area contributed by atoms with E-state index in [0.717, 1.165) is 25.1 Å². The molecular formula is C17H21N5O4. The number of aromatic nitrogens is 3. The average molecular weight is 359 g/mol. The van der Waals surface area contributed by atoms with Gasteiger partial charge in [0.1, 0.15) is 11.4 Å². The number of nitrogens with zero attached hydrogens (tertiary/aromatic N) is 4. The van der Waals surface area contributed by atoms with Crippen molar-refractivity contribution >= 4 is 11.6 Å². The fourth-order valence-electron chi connectivity index (χ4n) is 3.20. The first-order chi connectivity index (χ1) is 12.5. The summed E-state index contributed by atoms with van der Waals surface area (Å²) in [4.78, 5) is 35.1. The smallest absolute Gasteiger partial charge is 0.345 e. The van der Waals surface area contributed by atoms with Crippen LogP contribution in [0, 0.1) is 17.0 Å². The summed E-state index contributed by atoms with van der Waals surface area (Å²) in [6.07, 6.45) is 3.36. The molecule has 1 amide bonds. The number of rotatable bonds is 6. The minimum absolute atomic E-state index is 0.0459. The molecule has 2 aromatic rings. The quantitative estimate of drug-likeness (QED) is 0.476. The first-order valence-corrected chi connectivity index (χ1v) is 8.68. The monoisotopic (exact) mass is 359 g/mol. The van der Waals surface area contributed by atoms with Crippen molar-refractivity contribution in [3.63, 3.8) is 0 Å². The zero-order chi connectivity index (χ0) is 18.7. The second-order valence-electron chi connectivity index (χ2n) is 6.37. The van der Waals surface area contributed by atoms with Crippen molar-refractivity contribution in [2.24, 2.45) is 0 Å². The van der Waals surface area contributed by atoms with Gasteiger partial charge in [0, 0.05) is 31.6 Å². The Bertz CT molecular complexity index is 899. The fourth-order valence-corrected chi connectivity index (χ4v) is 3.20. The van der Waals surface area contributed by atoms with Gasteiger partial charge in [0.2, 0.25) is 0 Å². The highest BCUT2D eigenvalue weighted by Crippen LogP contribution is 2.22. The summed E-state index contributed by atoms with van der Waals surface area (Å²) in [5.74, 6) is 0.331. The first kappa shape index (κ1) is 17.8. The average Bonchev–Trinajstić information content (AvgIpc) is 2.94. The van der Waals surface area contributed by atoms with Gasteiger partial charge in [-0.3, -0.25) is 19.5 Å². The number of fused-ring (bicyclic) bond motifs is 1. The zero-order valence-electron chi connectivity index (χ0n) is 14.6. The fraction of sp³-hybridized carbons (Fsp3) is 0.471. The number of carbonyl (C=O) groups is 1. The number of nitro benzene ring substituents is 1. The van der Waals surface area contributed by atoms with Crippen LogP contribution in [0.2, 0.25) is 0 Å². The molecule has 0 atom stereocenters. The number of nitro groups is 1. The van der Waals surface area contributed by atoms with Crippen molar-refractivity contribution in [1.29, 1.82) is 0 Å². The zero-order valence-corrected chi connectivity index (χ0v) is 14.6. The topological polar surface area (TPSA) is 112 Å². The molecular weight excluding hydrogens is 338 g/mol. The molecule has 3 rings (SSSR count). The van der Waals surface area contributed by atoms with Gasteiger partial charge in [0.25, 0.3) is 11.6 Å². The van der Waals surface area contributed by atoms with Crippen molar-refractivity contribution in [1.82, 2.24) is 19.7 Å². The van der Waals surface area contributed by atoms with Crippen LogP contribution in [0.5, 0.6) is 0 Å². The number of aryl methyl sites for hydroxylation is 3. The highest BCUT2D eigenvalue weighted by Gasteiger charge is 2.22. The summed E-state index contributed by atoms with van der Waals surface area (Å²) in [6.45, 7) is 3.01. The molecule has 0 radical (unpaired) electrons. The molecule has 2 heterocycles. The molecule has 0 saturated heterocycles. The van der Waals surface area contributed by atoms with Crippen molar-refractivity contribution in [2.75, 3.05) is 6.54 Å². The Kier molecular flexibility index (Phi) is 5.15. The van der Waals surface area contributed by atoms with E-state index in [4.69, 9.17) is 0 Å². The molecule has 1 aliphatic rings. The van der Waals surface area contributed by atoms with Crippen LogP contribution in [0.25, 0.3) is 0 Å². The minimum atomic E-state index is -0.542. The van der Waals surface area contributed by atoms with E-state index < -0.39 is 10.8 Å². The lowest BCUT2D eigenvalue weighted by molar-refractivity contribution is -0.385. The van der Waals surface area contributed by atoms with E-state index in [-0.39, 0.29) is 16.9 Å². The van der Waals surface area contributed by atoms with Gasteiger partial charge < -0.3 is 5.32 Å². The molecule has 9 heteroatoms. The van der Waals surface area contributed by atoms with Gasteiger partial charge in [-0.15, -0.1) is 0 Å². The van der Waals surface area contributed by atoms with Crippen LogP contribution in [0.1, 0.15) is 41.0 Å². The van der Waals surface area contributed by atoms with Crippen LogP contribution in [0.3, 0.4) is 0 Å². The minimum Gasteiger partial charge on any atom is -0.352 e. The van der Waals surface area contributed by atoms with Crippen molar-refractivity contribution in [2.45, 2.75) is 45.7 Å². The summed E-state index contributed by atoms with van der Waals surface area (Å²) < 4.78 is 3.14. The Morgan fingerprint density at radius 3 is 2.92 bits per heavy atom. The van der Waals surface area contributed by atoms with Crippen LogP contribution in [0.4, 0.5) is 5.69 Å². The number of benzene rings is 1. The molecule has 1 aromatic carbocycles. The van der Waals surface area contributed by atoms with Crippen LogP contribution in [0.15, 0.2) is 23.0 Å². The molecule has 9 nitrogen and oxygen atoms in total. The molecule has 26 heavy (non-hydrogen) atoms. The lowest BCUT2D eigenvalue weighted by Gasteiger charge is -2.09. The molecule has 0 fully saturated rings. The van der Waals surface area contributed by atoms with Crippen LogP contribution >= 0.6 is 0 Å². The number of nitrogens with one attached hydrogen (secondary N) is 1. The Morgan fingerprint density at radius 1 is 1.38 bits per heavy atom. The predicted octanol–water partition coefficient (Wildman–Crippen LogP) is 1.42. The number of hydrogen-bond donors (Lipinski definition) is 1. The largest absolute Gasteiger partial charge is 0.352 e. The Labute approximate surface area is 149 Å². The van der Waals surface area contributed by atoms with E-state index >= 15 is 0 Å². The summed E-state index contributed by atoms with van der Waals surface area (Å²) in [5, 5.41) is 18.2.